The first kappa shape index (κ1) is 34.0. The van der Waals surface area contributed by atoms with Crippen LogP contribution in [0.5, 0.6) is 11.5 Å². The molecule has 1 aliphatic rings. The molecule has 4 aromatic carbocycles. The highest BCUT2D eigenvalue weighted by Gasteiger charge is 2.35. The number of fused-ring (bicyclic) bond motifs is 1. The molecule has 0 fully saturated rings. The zero-order valence-corrected chi connectivity index (χ0v) is 28.7. The summed E-state index contributed by atoms with van der Waals surface area (Å²) < 4.78 is 41.8. The fourth-order valence-corrected chi connectivity index (χ4v) is 6.89. The number of ether oxygens (including phenoxy) is 2. The Balaban J connectivity index is 1.57. The predicted octanol–water partition coefficient (Wildman–Crippen LogP) is 5.83. The Morgan fingerprint density at radius 2 is 1.47 bits per heavy atom. The Labute approximate surface area is 284 Å². The molecule has 1 heterocycles. The number of halogens is 1. The van der Waals surface area contributed by atoms with Crippen LogP contribution in [-0.2, 0) is 32.6 Å². The predicted molar refractivity (Wildman–Crippen MR) is 185 cm³/mol. The lowest BCUT2D eigenvalue weighted by Gasteiger charge is -2.34. The molecule has 0 aliphatic carbocycles. The van der Waals surface area contributed by atoms with Gasteiger partial charge in [0.1, 0.15) is 25.8 Å². The van der Waals surface area contributed by atoms with Crippen LogP contribution in [0.2, 0.25) is 0 Å². The fraction of sp³-hybridized carbons (Fsp3) is 0.278. The largest absolute Gasteiger partial charge is 0.486 e. The lowest BCUT2D eigenvalue weighted by Crippen LogP contribution is -2.53. The molecule has 1 N–H and O–H groups in total. The standard InChI is InChI=1S/C36H38BrN3O6S/c1-26(2)23-38-36(42)32(21-27-9-5-3-6-10-27)39(24-28-13-15-29(37)16-14-28)35(41)25-40(47(43,44)31-11-7-4-8-12-31)30-17-18-33-34(22-30)46-20-19-45-33/h3-18,22,26,32H,19-21,23-25H2,1-2H3,(H,38,42)/t32-/m0/s1. The monoisotopic (exact) mass is 719 g/mol. The summed E-state index contributed by atoms with van der Waals surface area (Å²) in [5.74, 6) is 0.211. The average Bonchev–Trinajstić information content (AvgIpc) is 3.09. The molecule has 1 atom stereocenters. The fourth-order valence-electron chi connectivity index (χ4n) is 5.20. The topological polar surface area (TPSA) is 105 Å². The summed E-state index contributed by atoms with van der Waals surface area (Å²) in [6, 6.07) is 28.8. The molecule has 0 aromatic heterocycles. The van der Waals surface area contributed by atoms with Crippen LogP contribution in [0.1, 0.15) is 25.0 Å². The number of amides is 2. The van der Waals surface area contributed by atoms with Crippen LogP contribution in [0.15, 0.2) is 112 Å². The molecule has 47 heavy (non-hydrogen) atoms. The number of hydrogen-bond acceptors (Lipinski definition) is 6. The first-order valence-electron chi connectivity index (χ1n) is 15.4. The number of hydrogen-bond donors (Lipinski definition) is 1. The van der Waals surface area contributed by atoms with Gasteiger partial charge in [-0.1, -0.05) is 90.4 Å². The van der Waals surface area contributed by atoms with Gasteiger partial charge < -0.3 is 19.7 Å². The number of rotatable bonds is 13. The van der Waals surface area contributed by atoms with Crippen molar-refractivity contribution in [3.05, 3.63) is 119 Å². The number of nitrogens with zero attached hydrogens (tertiary/aromatic N) is 2. The normalized spacial score (nSPS) is 13.1. The Morgan fingerprint density at radius 1 is 0.830 bits per heavy atom. The highest BCUT2D eigenvalue weighted by Crippen LogP contribution is 2.36. The maximum Gasteiger partial charge on any atom is 0.264 e. The Kier molecular flexibility index (Phi) is 11.2. The van der Waals surface area contributed by atoms with Crippen molar-refractivity contribution in [3.63, 3.8) is 0 Å². The van der Waals surface area contributed by atoms with Gasteiger partial charge in [-0.05, 0) is 53.4 Å². The van der Waals surface area contributed by atoms with Crippen molar-refractivity contribution < 1.29 is 27.5 Å². The second-order valence-corrected chi connectivity index (χ2v) is 14.4. The van der Waals surface area contributed by atoms with Crippen molar-refractivity contribution >= 4 is 43.5 Å². The lowest BCUT2D eigenvalue weighted by atomic mass is 10.0. The number of sulfonamides is 1. The van der Waals surface area contributed by atoms with Gasteiger partial charge in [-0.25, -0.2) is 8.42 Å². The van der Waals surface area contributed by atoms with Crippen LogP contribution in [0.25, 0.3) is 0 Å². The van der Waals surface area contributed by atoms with E-state index >= 15 is 0 Å². The molecule has 11 heteroatoms. The van der Waals surface area contributed by atoms with Gasteiger partial charge in [0.2, 0.25) is 11.8 Å². The third-order valence-corrected chi connectivity index (χ3v) is 9.96. The van der Waals surface area contributed by atoms with Crippen LogP contribution >= 0.6 is 15.9 Å². The number of carbonyl (C=O) groups is 2. The van der Waals surface area contributed by atoms with Crippen molar-refractivity contribution in [1.29, 1.82) is 0 Å². The van der Waals surface area contributed by atoms with Gasteiger partial charge in [0.05, 0.1) is 10.6 Å². The summed E-state index contributed by atoms with van der Waals surface area (Å²) in [7, 11) is -4.23. The van der Waals surface area contributed by atoms with Crippen molar-refractivity contribution in [2.45, 2.75) is 37.8 Å². The van der Waals surface area contributed by atoms with Crippen molar-refractivity contribution in [1.82, 2.24) is 10.2 Å². The smallest absolute Gasteiger partial charge is 0.264 e. The zero-order valence-electron chi connectivity index (χ0n) is 26.3. The van der Waals surface area contributed by atoms with Gasteiger partial charge in [-0.15, -0.1) is 0 Å². The molecule has 0 radical (unpaired) electrons. The van der Waals surface area contributed by atoms with E-state index in [2.05, 4.69) is 21.2 Å². The minimum Gasteiger partial charge on any atom is -0.486 e. The quantitative estimate of drug-likeness (QED) is 0.187. The Bertz CT molecular complexity index is 1770. The third kappa shape index (κ3) is 8.72. The molecule has 246 valence electrons. The second kappa shape index (κ2) is 15.5. The SMILES string of the molecule is CC(C)CNC(=O)[C@H](Cc1ccccc1)N(Cc1ccc(Br)cc1)C(=O)CN(c1ccc2c(c1)OCCO2)S(=O)(=O)c1ccccc1. The molecule has 0 bridgehead atoms. The number of carbonyl (C=O) groups excluding carboxylic acids is 2. The third-order valence-electron chi connectivity index (χ3n) is 7.65. The Morgan fingerprint density at radius 3 is 2.13 bits per heavy atom. The summed E-state index contributed by atoms with van der Waals surface area (Å²) in [5.41, 5.74) is 1.89. The first-order chi connectivity index (χ1) is 22.6. The summed E-state index contributed by atoms with van der Waals surface area (Å²) >= 11 is 3.46. The molecule has 2 amide bonds. The van der Waals surface area contributed by atoms with Crippen molar-refractivity contribution in [2.75, 3.05) is 30.6 Å². The molecule has 0 saturated carbocycles. The van der Waals surface area contributed by atoms with Gasteiger partial charge in [0.25, 0.3) is 10.0 Å². The van der Waals surface area contributed by atoms with E-state index < -0.39 is 28.5 Å². The maximum atomic E-state index is 14.6. The minimum absolute atomic E-state index is 0.0256. The molecule has 4 aromatic rings. The maximum absolute atomic E-state index is 14.6. The van der Waals surface area contributed by atoms with E-state index in [1.165, 1.54) is 17.0 Å². The molecule has 0 saturated heterocycles. The van der Waals surface area contributed by atoms with Crippen LogP contribution in [0.4, 0.5) is 5.69 Å². The van der Waals surface area contributed by atoms with Crippen LogP contribution in [0, 0.1) is 5.92 Å². The highest BCUT2D eigenvalue weighted by molar-refractivity contribution is 9.10. The van der Waals surface area contributed by atoms with Gasteiger partial charge in [-0.2, -0.15) is 0 Å². The van der Waals surface area contributed by atoms with E-state index in [0.717, 1.165) is 19.9 Å². The second-order valence-electron chi connectivity index (χ2n) is 11.6. The number of benzene rings is 4. The molecule has 5 rings (SSSR count). The first-order valence-corrected chi connectivity index (χ1v) is 17.7. The summed E-state index contributed by atoms with van der Waals surface area (Å²) in [4.78, 5) is 30.0. The van der Waals surface area contributed by atoms with Crippen LogP contribution < -0.4 is 19.1 Å². The van der Waals surface area contributed by atoms with E-state index in [-0.39, 0.29) is 35.4 Å². The molecule has 1 aliphatic heterocycles. The summed E-state index contributed by atoms with van der Waals surface area (Å²) in [5, 5.41) is 3.01. The zero-order chi connectivity index (χ0) is 33.4. The molecular weight excluding hydrogens is 682 g/mol. The van der Waals surface area contributed by atoms with Crippen LogP contribution in [0.3, 0.4) is 0 Å². The average molecular weight is 721 g/mol. The van der Waals surface area contributed by atoms with Gasteiger partial charge in [0, 0.05) is 30.0 Å². The number of nitrogens with one attached hydrogen (secondary N) is 1. The summed E-state index contributed by atoms with van der Waals surface area (Å²) in [6.07, 6.45) is 0.239. The van der Waals surface area contributed by atoms with Gasteiger partial charge in [0.15, 0.2) is 11.5 Å². The highest BCUT2D eigenvalue weighted by atomic mass is 79.9. The van der Waals surface area contributed by atoms with E-state index in [9.17, 15) is 18.0 Å². The number of anilines is 1. The molecule has 0 unspecified atom stereocenters. The Hall–Kier alpha value is -4.35. The molecule has 9 nitrogen and oxygen atoms in total. The van der Waals surface area contributed by atoms with E-state index in [1.807, 2.05) is 68.4 Å². The molecule has 0 spiro atoms. The minimum atomic E-state index is -4.23. The van der Waals surface area contributed by atoms with Crippen molar-refractivity contribution in [2.24, 2.45) is 5.92 Å². The lowest BCUT2D eigenvalue weighted by molar-refractivity contribution is -0.140. The van der Waals surface area contributed by atoms with Crippen molar-refractivity contribution in [3.8, 4) is 11.5 Å². The molecular formula is C36H38BrN3O6S. The van der Waals surface area contributed by atoms with Gasteiger partial charge >= 0.3 is 0 Å². The van der Waals surface area contributed by atoms with Gasteiger partial charge in [-0.3, -0.25) is 13.9 Å². The summed E-state index contributed by atoms with van der Waals surface area (Å²) in [6.45, 7) is 4.64. The van der Waals surface area contributed by atoms with E-state index in [4.69, 9.17) is 9.47 Å². The van der Waals surface area contributed by atoms with E-state index in [0.29, 0.717) is 31.3 Å². The van der Waals surface area contributed by atoms with Crippen LogP contribution in [-0.4, -0.2) is 57.5 Å². The van der Waals surface area contributed by atoms with E-state index in [1.54, 1.807) is 36.4 Å².